The summed E-state index contributed by atoms with van der Waals surface area (Å²) in [7, 11) is 1.37. The number of pyridine rings is 1. The Kier molecular flexibility index (Phi) is 6.53. The predicted molar refractivity (Wildman–Crippen MR) is 122 cm³/mol. The van der Waals surface area contributed by atoms with Crippen molar-refractivity contribution in [3.63, 3.8) is 0 Å². The zero-order chi connectivity index (χ0) is 23.4. The number of hydrogen-bond donors (Lipinski definition) is 1. The highest BCUT2D eigenvalue weighted by Gasteiger charge is 2.14. The van der Waals surface area contributed by atoms with Gasteiger partial charge in [-0.1, -0.05) is 30.3 Å². The Morgan fingerprint density at radius 2 is 1.61 bits per heavy atom. The van der Waals surface area contributed by atoms with E-state index < -0.39 is 6.61 Å². The molecule has 4 aromatic rings. The van der Waals surface area contributed by atoms with Crippen molar-refractivity contribution in [2.75, 3.05) is 13.7 Å². The lowest BCUT2D eigenvalue weighted by Crippen LogP contribution is -2.30. The number of nitrogens with zero attached hydrogens (tertiary/aromatic N) is 1. The van der Waals surface area contributed by atoms with E-state index in [1.165, 1.54) is 13.2 Å². The van der Waals surface area contributed by atoms with Crippen LogP contribution >= 0.6 is 0 Å². The van der Waals surface area contributed by atoms with Gasteiger partial charge in [-0.05, 0) is 48.4 Å². The molecule has 1 heterocycles. The van der Waals surface area contributed by atoms with Crippen molar-refractivity contribution < 1.29 is 23.0 Å². The van der Waals surface area contributed by atoms with Crippen LogP contribution in [0.25, 0.3) is 21.8 Å². The van der Waals surface area contributed by atoms with Gasteiger partial charge >= 0.3 is 6.61 Å². The average Bonchev–Trinajstić information content (AvgIpc) is 2.82. The topological polar surface area (TPSA) is 69.6 Å². The van der Waals surface area contributed by atoms with E-state index in [1.54, 1.807) is 36.4 Å². The maximum absolute atomic E-state index is 12.8. The minimum atomic E-state index is -2.94. The summed E-state index contributed by atoms with van der Waals surface area (Å²) in [5, 5.41) is 3.99. The molecule has 1 amide bonds. The first-order valence-corrected chi connectivity index (χ1v) is 10.4. The lowest BCUT2D eigenvalue weighted by atomic mass is 10.1. The van der Waals surface area contributed by atoms with Gasteiger partial charge in [0, 0.05) is 17.3 Å². The number of rotatable bonds is 8. The molecule has 170 valence electrons. The van der Waals surface area contributed by atoms with Crippen molar-refractivity contribution in [3.05, 3.63) is 82.5 Å². The average molecular weight is 452 g/mol. The fourth-order valence-electron chi connectivity index (χ4n) is 3.85. The van der Waals surface area contributed by atoms with Gasteiger partial charge in [-0.3, -0.25) is 9.59 Å². The van der Waals surface area contributed by atoms with E-state index in [1.807, 2.05) is 28.8 Å². The highest BCUT2D eigenvalue weighted by molar-refractivity contribution is 5.94. The van der Waals surface area contributed by atoms with E-state index in [2.05, 4.69) is 10.1 Å². The minimum absolute atomic E-state index is 0.0442. The highest BCUT2D eigenvalue weighted by atomic mass is 19.3. The van der Waals surface area contributed by atoms with Gasteiger partial charge < -0.3 is 19.4 Å². The van der Waals surface area contributed by atoms with Crippen molar-refractivity contribution in [1.82, 2.24) is 9.88 Å². The lowest BCUT2D eigenvalue weighted by molar-refractivity contribution is -0.121. The Morgan fingerprint density at radius 1 is 0.970 bits per heavy atom. The number of halogens is 2. The van der Waals surface area contributed by atoms with Gasteiger partial charge in [0.25, 0.3) is 0 Å². The van der Waals surface area contributed by atoms with Gasteiger partial charge in [0.15, 0.2) is 16.9 Å². The number of aromatic nitrogens is 1. The van der Waals surface area contributed by atoms with Gasteiger partial charge in [0.05, 0.1) is 18.1 Å². The van der Waals surface area contributed by atoms with Crippen LogP contribution in [0.5, 0.6) is 11.5 Å². The third-order valence-corrected chi connectivity index (χ3v) is 5.36. The number of nitrogens with one attached hydrogen (secondary N) is 1. The number of fused-ring (bicyclic) bond motifs is 2. The molecule has 1 aromatic heterocycles. The Balaban J connectivity index is 1.49. The third kappa shape index (κ3) is 4.79. The first-order valence-electron chi connectivity index (χ1n) is 10.4. The SMILES string of the molecule is COc1cc(CCNC(=O)Cn2c3ccccc3c(=O)c3ccccc32)ccc1OC(F)F. The summed E-state index contributed by atoms with van der Waals surface area (Å²) in [5.74, 6) is -0.0545. The normalized spacial score (nSPS) is 11.2. The van der Waals surface area contributed by atoms with E-state index in [4.69, 9.17) is 4.74 Å². The molecule has 0 atom stereocenters. The summed E-state index contributed by atoms with van der Waals surface area (Å²) in [4.78, 5) is 25.6. The van der Waals surface area contributed by atoms with Crippen LogP contribution in [0, 0.1) is 0 Å². The summed E-state index contributed by atoms with van der Waals surface area (Å²) in [5.41, 5.74) is 2.12. The number of benzene rings is 3. The number of carbonyl (C=O) groups is 1. The quantitative estimate of drug-likeness (QED) is 0.409. The predicted octanol–water partition coefficient (Wildman–Crippen LogP) is 4.12. The van der Waals surface area contributed by atoms with E-state index in [0.29, 0.717) is 34.8 Å². The van der Waals surface area contributed by atoms with Crippen LogP contribution in [0.15, 0.2) is 71.5 Å². The van der Waals surface area contributed by atoms with Gasteiger partial charge in [0.2, 0.25) is 5.91 Å². The molecule has 0 aliphatic rings. The monoisotopic (exact) mass is 452 g/mol. The molecular formula is C25H22F2N2O4. The van der Waals surface area contributed by atoms with Gasteiger partial charge in [-0.2, -0.15) is 8.78 Å². The molecule has 33 heavy (non-hydrogen) atoms. The van der Waals surface area contributed by atoms with Crippen LogP contribution in [0.2, 0.25) is 0 Å². The van der Waals surface area contributed by atoms with Crippen LogP contribution in [-0.4, -0.2) is 30.7 Å². The molecule has 3 aromatic carbocycles. The minimum Gasteiger partial charge on any atom is -0.493 e. The highest BCUT2D eigenvalue weighted by Crippen LogP contribution is 2.29. The van der Waals surface area contributed by atoms with Crippen LogP contribution in [0.4, 0.5) is 8.78 Å². The number of ether oxygens (including phenoxy) is 2. The van der Waals surface area contributed by atoms with E-state index in [0.717, 1.165) is 5.56 Å². The Labute approximate surface area is 188 Å². The molecule has 0 radical (unpaired) electrons. The number of methoxy groups -OCH3 is 1. The standard InChI is InChI=1S/C25H22F2N2O4/c1-32-22-14-16(10-11-21(22)33-25(26)27)12-13-28-23(30)15-29-19-8-4-2-6-17(19)24(31)18-7-3-5-9-20(18)29/h2-11,14,25H,12-13,15H2,1H3,(H,28,30). The van der Waals surface area contributed by atoms with Crippen molar-refractivity contribution in [2.45, 2.75) is 19.6 Å². The second-order valence-corrected chi connectivity index (χ2v) is 7.41. The first kappa shape index (κ1) is 22.3. The molecule has 0 saturated carbocycles. The molecule has 8 heteroatoms. The second-order valence-electron chi connectivity index (χ2n) is 7.41. The van der Waals surface area contributed by atoms with Crippen molar-refractivity contribution in [3.8, 4) is 11.5 Å². The molecule has 0 spiro atoms. The van der Waals surface area contributed by atoms with E-state index >= 15 is 0 Å². The van der Waals surface area contributed by atoms with Crippen LogP contribution in [-0.2, 0) is 17.8 Å². The summed E-state index contributed by atoms with van der Waals surface area (Å²) in [6, 6.07) is 19.1. The fraction of sp³-hybridized carbons (Fsp3) is 0.200. The molecule has 0 aliphatic carbocycles. The summed E-state index contributed by atoms with van der Waals surface area (Å²) in [6.45, 7) is -2.55. The smallest absolute Gasteiger partial charge is 0.387 e. The van der Waals surface area contributed by atoms with Crippen LogP contribution < -0.4 is 20.2 Å². The molecular weight excluding hydrogens is 430 g/mol. The van der Waals surface area contributed by atoms with Crippen LogP contribution in [0.1, 0.15) is 5.56 Å². The second kappa shape index (κ2) is 9.68. The summed E-state index contributed by atoms with van der Waals surface area (Å²) >= 11 is 0. The molecule has 0 unspecified atom stereocenters. The molecule has 0 saturated heterocycles. The number of para-hydroxylation sites is 2. The Morgan fingerprint density at radius 3 is 2.21 bits per heavy atom. The number of carbonyl (C=O) groups excluding carboxylic acids is 1. The number of amides is 1. The molecule has 0 bridgehead atoms. The lowest BCUT2D eigenvalue weighted by Gasteiger charge is -2.15. The largest absolute Gasteiger partial charge is 0.493 e. The summed E-state index contributed by atoms with van der Waals surface area (Å²) in [6.07, 6.45) is 0.475. The first-order chi connectivity index (χ1) is 16.0. The van der Waals surface area contributed by atoms with Crippen molar-refractivity contribution in [1.29, 1.82) is 0 Å². The maximum atomic E-state index is 12.8. The Bertz CT molecular complexity index is 1310. The van der Waals surface area contributed by atoms with Crippen molar-refractivity contribution >= 4 is 27.7 Å². The Hall–Kier alpha value is -3.94. The van der Waals surface area contributed by atoms with E-state index in [9.17, 15) is 18.4 Å². The number of hydrogen-bond acceptors (Lipinski definition) is 4. The summed E-state index contributed by atoms with van der Waals surface area (Å²) < 4.78 is 36.3. The van der Waals surface area contributed by atoms with Gasteiger partial charge in [0.1, 0.15) is 6.54 Å². The molecule has 0 aliphatic heterocycles. The zero-order valence-electron chi connectivity index (χ0n) is 17.9. The zero-order valence-corrected chi connectivity index (χ0v) is 17.9. The fourth-order valence-corrected chi connectivity index (χ4v) is 3.85. The van der Waals surface area contributed by atoms with Crippen molar-refractivity contribution in [2.24, 2.45) is 0 Å². The van der Waals surface area contributed by atoms with Gasteiger partial charge in [-0.15, -0.1) is 0 Å². The number of alkyl halides is 2. The third-order valence-electron chi connectivity index (χ3n) is 5.36. The van der Waals surface area contributed by atoms with E-state index in [-0.39, 0.29) is 29.4 Å². The maximum Gasteiger partial charge on any atom is 0.387 e. The molecule has 6 nitrogen and oxygen atoms in total. The van der Waals surface area contributed by atoms with Gasteiger partial charge in [-0.25, -0.2) is 0 Å². The molecule has 0 fully saturated rings. The van der Waals surface area contributed by atoms with Crippen LogP contribution in [0.3, 0.4) is 0 Å². The molecule has 1 N–H and O–H groups in total. The molecule has 4 rings (SSSR count).